The van der Waals surface area contributed by atoms with Gasteiger partial charge in [-0.1, -0.05) is 13.8 Å². The first-order chi connectivity index (χ1) is 9.35. The van der Waals surface area contributed by atoms with Crippen molar-refractivity contribution >= 4 is 10.0 Å². The highest BCUT2D eigenvalue weighted by molar-refractivity contribution is 7.89. The van der Waals surface area contributed by atoms with Crippen LogP contribution in [0, 0.1) is 5.92 Å². The number of hydrogen-bond acceptors (Lipinski definition) is 4. The van der Waals surface area contributed by atoms with E-state index >= 15 is 0 Å². The zero-order chi connectivity index (χ0) is 14.8. The first-order valence-electron chi connectivity index (χ1n) is 7.10. The normalized spacial score (nSPS) is 27.6. The number of rotatable bonds is 5. The largest absolute Gasteiger partial charge is 0.389 e. The standard InChI is InChI=1S/C13H23N3O3S/c1-3-11-14-8-12(16-11)20(18,19)15-9-13(17)6-4-10(2)5-7-13/h8,10,15,17H,3-7,9H2,1-2H3,(H,14,16). The van der Waals surface area contributed by atoms with Gasteiger partial charge in [0.25, 0.3) is 10.0 Å². The van der Waals surface area contributed by atoms with E-state index in [0.29, 0.717) is 31.0 Å². The summed E-state index contributed by atoms with van der Waals surface area (Å²) in [6.07, 6.45) is 5.11. The highest BCUT2D eigenvalue weighted by Crippen LogP contribution is 2.31. The van der Waals surface area contributed by atoms with Crippen molar-refractivity contribution in [2.45, 2.75) is 56.6 Å². The molecule has 0 unspecified atom stereocenters. The molecule has 1 saturated carbocycles. The van der Waals surface area contributed by atoms with Gasteiger partial charge in [-0.05, 0) is 31.6 Å². The molecule has 0 spiro atoms. The number of sulfonamides is 1. The fourth-order valence-electron chi connectivity index (χ4n) is 2.44. The summed E-state index contributed by atoms with van der Waals surface area (Å²) in [6, 6.07) is 0. The Bertz CT molecular complexity index is 545. The Morgan fingerprint density at radius 1 is 1.50 bits per heavy atom. The quantitative estimate of drug-likeness (QED) is 0.761. The minimum Gasteiger partial charge on any atom is -0.389 e. The molecule has 0 aromatic carbocycles. The Kier molecular flexibility index (Phi) is 4.51. The van der Waals surface area contributed by atoms with E-state index in [9.17, 15) is 13.5 Å². The van der Waals surface area contributed by atoms with E-state index in [1.165, 1.54) is 6.20 Å². The molecule has 114 valence electrons. The monoisotopic (exact) mass is 301 g/mol. The molecular weight excluding hydrogens is 278 g/mol. The highest BCUT2D eigenvalue weighted by atomic mass is 32.2. The Labute approximate surface area is 120 Å². The van der Waals surface area contributed by atoms with Gasteiger partial charge in [-0.15, -0.1) is 0 Å². The number of nitrogens with zero attached hydrogens (tertiary/aromatic N) is 1. The van der Waals surface area contributed by atoms with Gasteiger partial charge in [0.05, 0.1) is 11.8 Å². The third-order valence-electron chi connectivity index (χ3n) is 4.03. The van der Waals surface area contributed by atoms with E-state index in [1.54, 1.807) is 0 Å². The molecule has 2 rings (SSSR count). The van der Waals surface area contributed by atoms with Crippen LogP contribution in [0.2, 0.25) is 0 Å². The summed E-state index contributed by atoms with van der Waals surface area (Å²) in [5, 5.41) is 10.5. The van der Waals surface area contributed by atoms with Gasteiger partial charge in [-0.25, -0.2) is 18.1 Å². The Hall–Kier alpha value is -0.920. The average Bonchev–Trinajstić information content (AvgIpc) is 2.90. The summed E-state index contributed by atoms with van der Waals surface area (Å²) >= 11 is 0. The van der Waals surface area contributed by atoms with Crippen LogP contribution in [-0.4, -0.2) is 35.6 Å². The predicted octanol–water partition coefficient (Wildman–Crippen LogP) is 1.19. The molecule has 1 aliphatic rings. The Balaban J connectivity index is 1.98. The SMILES string of the molecule is CCc1ncc(S(=O)(=O)NCC2(O)CCC(C)CC2)[nH]1. The van der Waals surface area contributed by atoms with Gasteiger partial charge in [0.15, 0.2) is 5.03 Å². The summed E-state index contributed by atoms with van der Waals surface area (Å²) in [7, 11) is -3.63. The van der Waals surface area contributed by atoms with Crippen molar-refractivity contribution in [2.24, 2.45) is 5.92 Å². The predicted molar refractivity (Wildman–Crippen MR) is 75.7 cm³/mol. The first kappa shape index (κ1) is 15.5. The van der Waals surface area contributed by atoms with Crippen molar-refractivity contribution in [3.05, 3.63) is 12.0 Å². The van der Waals surface area contributed by atoms with Crippen LogP contribution >= 0.6 is 0 Å². The van der Waals surface area contributed by atoms with Gasteiger partial charge in [0.2, 0.25) is 0 Å². The van der Waals surface area contributed by atoms with Crippen LogP contribution in [0.4, 0.5) is 0 Å². The molecule has 0 saturated heterocycles. The summed E-state index contributed by atoms with van der Waals surface area (Å²) in [5.41, 5.74) is -0.923. The number of imidazole rings is 1. The number of aromatic amines is 1. The Morgan fingerprint density at radius 2 is 2.15 bits per heavy atom. The second kappa shape index (κ2) is 5.83. The molecule has 0 radical (unpaired) electrons. The molecule has 1 aliphatic carbocycles. The lowest BCUT2D eigenvalue weighted by molar-refractivity contribution is -0.00183. The van der Waals surface area contributed by atoms with Crippen molar-refractivity contribution < 1.29 is 13.5 Å². The lowest BCUT2D eigenvalue weighted by Gasteiger charge is -2.34. The number of H-pyrrole nitrogens is 1. The number of nitrogens with one attached hydrogen (secondary N) is 2. The second-order valence-corrected chi connectivity index (χ2v) is 7.51. The minimum absolute atomic E-state index is 0.0575. The van der Waals surface area contributed by atoms with Crippen molar-refractivity contribution in [1.29, 1.82) is 0 Å². The number of aromatic nitrogens is 2. The van der Waals surface area contributed by atoms with Gasteiger partial charge in [0.1, 0.15) is 5.82 Å². The van der Waals surface area contributed by atoms with E-state index in [2.05, 4.69) is 21.6 Å². The topological polar surface area (TPSA) is 95.1 Å². The molecule has 0 amide bonds. The van der Waals surface area contributed by atoms with E-state index in [-0.39, 0.29) is 11.6 Å². The summed E-state index contributed by atoms with van der Waals surface area (Å²) in [5.74, 6) is 1.24. The van der Waals surface area contributed by atoms with Gasteiger partial charge >= 0.3 is 0 Å². The zero-order valence-electron chi connectivity index (χ0n) is 12.0. The first-order valence-corrected chi connectivity index (χ1v) is 8.59. The van der Waals surface area contributed by atoms with E-state index in [0.717, 1.165) is 12.8 Å². The summed E-state index contributed by atoms with van der Waals surface area (Å²) < 4.78 is 26.7. The molecule has 1 aromatic heterocycles. The molecule has 1 fully saturated rings. The third-order valence-corrected chi connectivity index (χ3v) is 5.34. The molecule has 20 heavy (non-hydrogen) atoms. The fourth-order valence-corrected chi connectivity index (χ4v) is 3.50. The molecular formula is C13H23N3O3S. The second-order valence-electron chi connectivity index (χ2n) is 5.78. The molecule has 7 heteroatoms. The summed E-state index contributed by atoms with van der Waals surface area (Å²) in [6.45, 7) is 4.11. The van der Waals surface area contributed by atoms with Gasteiger partial charge < -0.3 is 10.1 Å². The molecule has 6 nitrogen and oxygen atoms in total. The van der Waals surface area contributed by atoms with Crippen LogP contribution in [0.25, 0.3) is 0 Å². The molecule has 0 atom stereocenters. The third kappa shape index (κ3) is 3.59. The maximum atomic E-state index is 12.1. The van der Waals surface area contributed by atoms with Crippen LogP contribution in [0.1, 0.15) is 45.4 Å². The molecule has 3 N–H and O–H groups in total. The number of hydrogen-bond donors (Lipinski definition) is 3. The Morgan fingerprint density at radius 3 is 2.70 bits per heavy atom. The molecule has 0 bridgehead atoms. The van der Waals surface area contributed by atoms with Crippen LogP contribution in [0.3, 0.4) is 0 Å². The zero-order valence-corrected chi connectivity index (χ0v) is 12.8. The summed E-state index contributed by atoms with van der Waals surface area (Å²) in [4.78, 5) is 6.75. The van der Waals surface area contributed by atoms with Crippen molar-refractivity contribution in [3.8, 4) is 0 Å². The number of aryl methyl sites for hydroxylation is 1. The molecule has 1 aromatic rings. The van der Waals surface area contributed by atoms with Gasteiger partial charge in [-0.2, -0.15) is 0 Å². The van der Waals surface area contributed by atoms with Gasteiger partial charge in [0, 0.05) is 13.0 Å². The van der Waals surface area contributed by atoms with E-state index in [1.807, 2.05) is 6.92 Å². The van der Waals surface area contributed by atoms with Gasteiger partial charge in [-0.3, -0.25) is 0 Å². The van der Waals surface area contributed by atoms with E-state index in [4.69, 9.17) is 0 Å². The van der Waals surface area contributed by atoms with E-state index < -0.39 is 15.6 Å². The van der Waals surface area contributed by atoms with Crippen molar-refractivity contribution in [1.82, 2.24) is 14.7 Å². The molecule has 1 heterocycles. The van der Waals surface area contributed by atoms with Crippen LogP contribution in [-0.2, 0) is 16.4 Å². The van der Waals surface area contributed by atoms with Crippen LogP contribution in [0.5, 0.6) is 0 Å². The fraction of sp³-hybridized carbons (Fsp3) is 0.769. The van der Waals surface area contributed by atoms with Crippen molar-refractivity contribution in [3.63, 3.8) is 0 Å². The van der Waals surface area contributed by atoms with Crippen LogP contribution < -0.4 is 4.72 Å². The lowest BCUT2D eigenvalue weighted by Crippen LogP contribution is -2.45. The maximum Gasteiger partial charge on any atom is 0.257 e. The highest BCUT2D eigenvalue weighted by Gasteiger charge is 2.33. The van der Waals surface area contributed by atoms with Crippen molar-refractivity contribution in [2.75, 3.05) is 6.54 Å². The molecule has 0 aliphatic heterocycles. The number of aliphatic hydroxyl groups is 1. The minimum atomic E-state index is -3.63. The lowest BCUT2D eigenvalue weighted by atomic mass is 9.80. The maximum absolute atomic E-state index is 12.1. The average molecular weight is 301 g/mol. The smallest absolute Gasteiger partial charge is 0.257 e. The van der Waals surface area contributed by atoms with Crippen LogP contribution in [0.15, 0.2) is 11.2 Å².